The zero-order valence-electron chi connectivity index (χ0n) is 17.4. The molecule has 0 aliphatic rings. The highest BCUT2D eigenvalue weighted by Gasteiger charge is 2.07. The van der Waals surface area contributed by atoms with Crippen LogP contribution in [0.3, 0.4) is 0 Å². The molecule has 0 aromatic heterocycles. The Bertz CT molecular complexity index is 814. The van der Waals surface area contributed by atoms with Crippen molar-refractivity contribution in [3.05, 3.63) is 64.7 Å². The molecular weight excluding hydrogens is 352 g/mol. The molecule has 0 saturated heterocycles. The zero-order chi connectivity index (χ0) is 20.5. The van der Waals surface area contributed by atoms with Crippen molar-refractivity contribution in [1.82, 2.24) is 15.5 Å². The molecule has 0 aliphatic heterocycles. The maximum Gasteiger partial charge on any atom is 0.253 e. The Labute approximate surface area is 167 Å². The molecule has 0 atom stereocenters. The molecule has 1 amide bonds. The fraction of sp³-hybridized carbons (Fsp3) is 0.364. The number of rotatable bonds is 7. The summed E-state index contributed by atoms with van der Waals surface area (Å²) in [4.78, 5) is 17.8. The highest BCUT2D eigenvalue weighted by atomic mass is 16.5. The monoisotopic (exact) mass is 382 g/mol. The minimum absolute atomic E-state index is 0.00244. The van der Waals surface area contributed by atoms with Crippen molar-refractivity contribution in [3.8, 4) is 5.75 Å². The first-order valence-corrected chi connectivity index (χ1v) is 9.42. The van der Waals surface area contributed by atoms with Gasteiger partial charge in [0, 0.05) is 39.8 Å². The average molecular weight is 383 g/mol. The molecule has 2 aromatic carbocycles. The zero-order valence-corrected chi connectivity index (χ0v) is 17.4. The third-order valence-electron chi connectivity index (χ3n) is 4.29. The van der Waals surface area contributed by atoms with E-state index in [1.807, 2.05) is 44.2 Å². The number of ether oxygens (including phenoxy) is 1. The van der Waals surface area contributed by atoms with Gasteiger partial charge in [-0.3, -0.25) is 9.79 Å². The van der Waals surface area contributed by atoms with E-state index in [2.05, 4.69) is 27.8 Å². The van der Waals surface area contributed by atoms with E-state index < -0.39 is 0 Å². The standard InChI is InChI=1S/C22H30N4O2/c1-6-28-20-12-9-18(13-16(20)2)15-25-22(23-3)24-14-17-7-10-19(11-8-17)21(27)26(4)5/h7-13H,6,14-15H2,1-5H3,(H2,23,24,25). The lowest BCUT2D eigenvalue weighted by Gasteiger charge is -2.14. The van der Waals surface area contributed by atoms with Gasteiger partial charge >= 0.3 is 0 Å². The molecule has 150 valence electrons. The molecule has 0 saturated carbocycles. The van der Waals surface area contributed by atoms with Crippen molar-refractivity contribution >= 4 is 11.9 Å². The number of carbonyl (C=O) groups is 1. The van der Waals surface area contributed by atoms with Gasteiger partial charge in [-0.25, -0.2) is 0 Å². The summed E-state index contributed by atoms with van der Waals surface area (Å²) in [6.07, 6.45) is 0. The number of nitrogens with zero attached hydrogens (tertiary/aromatic N) is 2. The van der Waals surface area contributed by atoms with Crippen LogP contribution in [0.5, 0.6) is 5.75 Å². The lowest BCUT2D eigenvalue weighted by atomic mass is 10.1. The molecule has 0 fully saturated rings. The van der Waals surface area contributed by atoms with Crippen LogP contribution in [-0.4, -0.2) is 44.5 Å². The lowest BCUT2D eigenvalue weighted by Crippen LogP contribution is -2.36. The second kappa shape index (κ2) is 10.3. The highest BCUT2D eigenvalue weighted by molar-refractivity contribution is 5.93. The van der Waals surface area contributed by atoms with E-state index in [0.29, 0.717) is 25.3 Å². The molecule has 0 spiro atoms. The van der Waals surface area contributed by atoms with Gasteiger partial charge in [0.2, 0.25) is 0 Å². The number of guanidine groups is 1. The number of hydrogen-bond acceptors (Lipinski definition) is 3. The van der Waals surface area contributed by atoms with E-state index in [-0.39, 0.29) is 5.91 Å². The average Bonchev–Trinajstić information content (AvgIpc) is 2.70. The maximum absolute atomic E-state index is 11.9. The molecule has 2 rings (SSSR count). The number of aliphatic imine (C=N–C) groups is 1. The van der Waals surface area contributed by atoms with Gasteiger partial charge < -0.3 is 20.3 Å². The Morgan fingerprint density at radius 2 is 1.64 bits per heavy atom. The summed E-state index contributed by atoms with van der Waals surface area (Å²) in [6, 6.07) is 13.8. The second-order valence-electron chi connectivity index (χ2n) is 6.71. The van der Waals surface area contributed by atoms with E-state index in [1.54, 1.807) is 26.0 Å². The van der Waals surface area contributed by atoms with Crippen LogP contribution in [-0.2, 0) is 13.1 Å². The van der Waals surface area contributed by atoms with Gasteiger partial charge in [-0.05, 0) is 48.7 Å². The molecule has 0 radical (unpaired) electrons. The first-order valence-electron chi connectivity index (χ1n) is 9.42. The maximum atomic E-state index is 11.9. The van der Waals surface area contributed by atoms with Crippen molar-refractivity contribution < 1.29 is 9.53 Å². The number of aryl methyl sites for hydroxylation is 1. The smallest absolute Gasteiger partial charge is 0.253 e. The van der Waals surface area contributed by atoms with Gasteiger partial charge in [0.05, 0.1) is 6.61 Å². The largest absolute Gasteiger partial charge is 0.494 e. The summed E-state index contributed by atoms with van der Waals surface area (Å²) in [7, 11) is 5.25. The molecule has 28 heavy (non-hydrogen) atoms. The summed E-state index contributed by atoms with van der Waals surface area (Å²) in [5.74, 6) is 1.65. The SMILES string of the molecule is CCOc1ccc(CNC(=NC)NCc2ccc(C(=O)N(C)C)cc2)cc1C. The Morgan fingerprint density at radius 3 is 2.18 bits per heavy atom. The van der Waals surface area contributed by atoms with Crippen LogP contribution in [0.15, 0.2) is 47.5 Å². The minimum atomic E-state index is 0.00244. The number of carbonyl (C=O) groups excluding carboxylic acids is 1. The van der Waals surface area contributed by atoms with Crippen LogP contribution in [0.1, 0.15) is 34.0 Å². The van der Waals surface area contributed by atoms with E-state index in [4.69, 9.17) is 4.74 Å². The van der Waals surface area contributed by atoms with Crippen LogP contribution in [0.25, 0.3) is 0 Å². The first-order chi connectivity index (χ1) is 13.4. The van der Waals surface area contributed by atoms with Gasteiger partial charge in [0.25, 0.3) is 5.91 Å². The number of nitrogens with one attached hydrogen (secondary N) is 2. The Morgan fingerprint density at radius 1 is 1.04 bits per heavy atom. The predicted molar refractivity (Wildman–Crippen MR) is 114 cm³/mol. The van der Waals surface area contributed by atoms with Crippen LogP contribution in [0.4, 0.5) is 0 Å². The van der Waals surface area contributed by atoms with Crippen molar-refractivity contribution in [2.24, 2.45) is 4.99 Å². The third kappa shape index (κ3) is 6.01. The molecule has 0 heterocycles. The van der Waals surface area contributed by atoms with Crippen molar-refractivity contribution in [3.63, 3.8) is 0 Å². The van der Waals surface area contributed by atoms with Gasteiger partial charge in [0.1, 0.15) is 5.75 Å². The Kier molecular flexibility index (Phi) is 7.87. The van der Waals surface area contributed by atoms with Crippen LogP contribution >= 0.6 is 0 Å². The highest BCUT2D eigenvalue weighted by Crippen LogP contribution is 2.19. The van der Waals surface area contributed by atoms with Crippen molar-refractivity contribution in [2.75, 3.05) is 27.7 Å². The molecule has 2 N–H and O–H groups in total. The minimum Gasteiger partial charge on any atom is -0.494 e. The van der Waals surface area contributed by atoms with Gasteiger partial charge in [-0.2, -0.15) is 0 Å². The Balaban J connectivity index is 1.88. The van der Waals surface area contributed by atoms with Crippen molar-refractivity contribution in [1.29, 1.82) is 0 Å². The van der Waals surface area contributed by atoms with Gasteiger partial charge in [-0.1, -0.05) is 24.3 Å². The fourth-order valence-electron chi connectivity index (χ4n) is 2.75. The summed E-state index contributed by atoms with van der Waals surface area (Å²) >= 11 is 0. The number of hydrogen-bond donors (Lipinski definition) is 2. The molecule has 0 unspecified atom stereocenters. The third-order valence-corrected chi connectivity index (χ3v) is 4.29. The van der Waals surface area contributed by atoms with Gasteiger partial charge in [-0.15, -0.1) is 0 Å². The first kappa shape index (κ1) is 21.3. The number of amides is 1. The number of benzene rings is 2. The lowest BCUT2D eigenvalue weighted by molar-refractivity contribution is 0.0827. The molecular formula is C22H30N4O2. The van der Waals surface area contributed by atoms with Crippen LogP contribution in [0, 0.1) is 6.92 Å². The van der Waals surface area contributed by atoms with E-state index in [1.165, 1.54) is 0 Å². The molecule has 6 heteroatoms. The predicted octanol–water partition coefficient (Wildman–Crippen LogP) is 2.96. The summed E-state index contributed by atoms with van der Waals surface area (Å²) in [5, 5.41) is 6.61. The van der Waals surface area contributed by atoms with E-state index >= 15 is 0 Å². The molecule has 2 aromatic rings. The quantitative estimate of drug-likeness (QED) is 0.571. The summed E-state index contributed by atoms with van der Waals surface area (Å²) < 4.78 is 5.58. The van der Waals surface area contributed by atoms with Gasteiger partial charge in [0.15, 0.2) is 5.96 Å². The molecule has 6 nitrogen and oxygen atoms in total. The van der Waals surface area contributed by atoms with Crippen molar-refractivity contribution in [2.45, 2.75) is 26.9 Å². The molecule has 0 bridgehead atoms. The summed E-state index contributed by atoms with van der Waals surface area (Å²) in [6.45, 7) is 5.99. The normalized spacial score (nSPS) is 11.1. The topological polar surface area (TPSA) is 66.0 Å². The van der Waals surface area contributed by atoms with Crippen LogP contribution in [0.2, 0.25) is 0 Å². The van der Waals surface area contributed by atoms with E-state index in [9.17, 15) is 4.79 Å². The summed E-state index contributed by atoms with van der Waals surface area (Å²) in [5.41, 5.74) is 4.05. The van der Waals surface area contributed by atoms with Crippen LogP contribution < -0.4 is 15.4 Å². The Hall–Kier alpha value is -3.02. The fourth-order valence-corrected chi connectivity index (χ4v) is 2.75. The van der Waals surface area contributed by atoms with E-state index in [0.717, 1.165) is 28.4 Å². The second-order valence-corrected chi connectivity index (χ2v) is 6.71. The molecule has 0 aliphatic carbocycles.